The quantitative estimate of drug-likeness (QED) is 0.899. The van der Waals surface area contributed by atoms with Crippen molar-refractivity contribution < 1.29 is 9.53 Å². The predicted molar refractivity (Wildman–Crippen MR) is 91.3 cm³/mol. The smallest absolute Gasteiger partial charge is 0.233 e. The number of nitrogens with zero attached hydrogens (tertiary/aromatic N) is 2. The van der Waals surface area contributed by atoms with E-state index < -0.39 is 0 Å². The molecule has 0 aromatic carbocycles. The fraction of sp³-hybridized carbons (Fsp3) is 0.625. The number of hydrogen-bond donors (Lipinski definition) is 1. The van der Waals surface area contributed by atoms with Crippen LogP contribution in [0, 0.1) is 0 Å². The summed E-state index contributed by atoms with van der Waals surface area (Å²) >= 11 is 1.54. The molecule has 2 rings (SSSR count). The van der Waals surface area contributed by atoms with Gasteiger partial charge in [-0.1, -0.05) is 6.07 Å². The van der Waals surface area contributed by atoms with Crippen molar-refractivity contribution in [3.63, 3.8) is 0 Å². The summed E-state index contributed by atoms with van der Waals surface area (Å²) in [6.45, 7) is 8.31. The lowest BCUT2D eigenvalue weighted by molar-refractivity contribution is -0.120. The van der Waals surface area contributed by atoms with Crippen molar-refractivity contribution in [3.05, 3.63) is 23.9 Å². The number of nitrogens with one attached hydrogen (secondary N) is 1. The van der Waals surface area contributed by atoms with Gasteiger partial charge in [0, 0.05) is 25.8 Å². The van der Waals surface area contributed by atoms with Crippen molar-refractivity contribution in [2.24, 2.45) is 0 Å². The van der Waals surface area contributed by atoms with Gasteiger partial charge in [0.25, 0.3) is 0 Å². The third-order valence-electron chi connectivity index (χ3n) is 3.74. The van der Waals surface area contributed by atoms with Crippen LogP contribution in [0.3, 0.4) is 0 Å². The van der Waals surface area contributed by atoms with Gasteiger partial charge in [-0.2, -0.15) is 11.8 Å². The van der Waals surface area contributed by atoms with Gasteiger partial charge in [0.05, 0.1) is 17.5 Å². The number of carbonyl (C=O) groups is 1. The van der Waals surface area contributed by atoms with Gasteiger partial charge in [0.15, 0.2) is 0 Å². The first-order chi connectivity index (χ1) is 10.5. The zero-order valence-electron chi connectivity index (χ0n) is 13.7. The zero-order chi connectivity index (χ0) is 16.1. The number of rotatable bonds is 5. The maximum absolute atomic E-state index is 11.8. The second-order valence-corrected chi connectivity index (χ2v) is 6.96. The van der Waals surface area contributed by atoms with Crippen molar-refractivity contribution in [2.75, 3.05) is 24.2 Å². The molecule has 1 aliphatic rings. The van der Waals surface area contributed by atoms with Crippen LogP contribution >= 0.6 is 11.8 Å². The Balaban J connectivity index is 1.91. The summed E-state index contributed by atoms with van der Waals surface area (Å²) in [6, 6.07) is 4.04. The van der Waals surface area contributed by atoms with Crippen LogP contribution in [0.4, 0.5) is 5.82 Å². The molecule has 122 valence electrons. The lowest BCUT2D eigenvalue weighted by Gasteiger charge is -2.36. The van der Waals surface area contributed by atoms with Crippen LogP contribution in [-0.4, -0.2) is 47.7 Å². The largest absolute Gasteiger partial charge is 0.372 e. The Morgan fingerprint density at radius 1 is 1.45 bits per heavy atom. The van der Waals surface area contributed by atoms with Crippen molar-refractivity contribution in [1.29, 1.82) is 0 Å². The molecule has 1 fully saturated rings. The standard InChI is InChI=1S/C16H25N3O2S/c1-11-9-19(10-12(2)21-11)15-6-5-14(7-17-15)8-18-16(20)13(3)22-4/h5-7,11-13H,8-10H2,1-4H3,(H,18,20). The second kappa shape index (κ2) is 7.83. The normalized spacial score (nSPS) is 23.2. The Morgan fingerprint density at radius 3 is 2.68 bits per heavy atom. The Hall–Kier alpha value is -1.27. The summed E-state index contributed by atoms with van der Waals surface area (Å²) in [5.74, 6) is 1.03. The van der Waals surface area contributed by atoms with Crippen LogP contribution in [0.15, 0.2) is 18.3 Å². The molecule has 0 spiro atoms. The maximum atomic E-state index is 11.8. The van der Waals surface area contributed by atoms with Crippen molar-refractivity contribution >= 4 is 23.5 Å². The van der Waals surface area contributed by atoms with Gasteiger partial charge in [0.1, 0.15) is 5.82 Å². The third-order valence-corrected chi connectivity index (χ3v) is 4.66. The van der Waals surface area contributed by atoms with E-state index in [4.69, 9.17) is 4.74 Å². The van der Waals surface area contributed by atoms with E-state index in [1.807, 2.05) is 31.5 Å². The van der Waals surface area contributed by atoms with Crippen LogP contribution in [0.5, 0.6) is 0 Å². The minimum atomic E-state index is -0.0245. The molecule has 22 heavy (non-hydrogen) atoms. The topological polar surface area (TPSA) is 54.5 Å². The summed E-state index contributed by atoms with van der Waals surface area (Å²) in [4.78, 5) is 18.5. The molecule has 3 atom stereocenters. The number of anilines is 1. The molecule has 1 N–H and O–H groups in total. The fourth-order valence-electron chi connectivity index (χ4n) is 2.51. The van der Waals surface area contributed by atoms with E-state index in [-0.39, 0.29) is 23.4 Å². The minimum absolute atomic E-state index is 0.0245. The van der Waals surface area contributed by atoms with E-state index in [2.05, 4.69) is 29.0 Å². The van der Waals surface area contributed by atoms with Crippen molar-refractivity contribution in [3.8, 4) is 0 Å². The van der Waals surface area contributed by atoms with E-state index in [1.54, 1.807) is 11.8 Å². The maximum Gasteiger partial charge on any atom is 0.233 e. The monoisotopic (exact) mass is 323 g/mol. The van der Waals surface area contributed by atoms with Gasteiger partial charge >= 0.3 is 0 Å². The molecule has 1 aromatic heterocycles. The van der Waals surface area contributed by atoms with E-state index >= 15 is 0 Å². The van der Waals surface area contributed by atoms with Crippen LogP contribution in [-0.2, 0) is 16.1 Å². The van der Waals surface area contributed by atoms with Gasteiger partial charge in [-0.05, 0) is 38.7 Å². The summed E-state index contributed by atoms with van der Waals surface area (Å²) in [5, 5.41) is 2.90. The first-order valence-electron chi connectivity index (χ1n) is 7.65. The highest BCUT2D eigenvalue weighted by Crippen LogP contribution is 2.18. The SMILES string of the molecule is CSC(C)C(=O)NCc1ccc(N2CC(C)OC(C)C2)nc1. The molecule has 1 amide bonds. The van der Waals surface area contributed by atoms with E-state index in [1.165, 1.54) is 0 Å². The molecule has 5 nitrogen and oxygen atoms in total. The van der Waals surface area contributed by atoms with Crippen LogP contribution in [0.2, 0.25) is 0 Å². The first kappa shape index (κ1) is 17.1. The van der Waals surface area contributed by atoms with Crippen molar-refractivity contribution in [1.82, 2.24) is 10.3 Å². The molecular weight excluding hydrogens is 298 g/mol. The fourth-order valence-corrected chi connectivity index (χ4v) is 2.81. The van der Waals surface area contributed by atoms with Gasteiger partial charge < -0.3 is 15.0 Å². The summed E-state index contributed by atoms with van der Waals surface area (Å²) in [6.07, 6.45) is 4.21. The van der Waals surface area contributed by atoms with Crippen LogP contribution in [0.1, 0.15) is 26.3 Å². The van der Waals surface area contributed by atoms with Gasteiger partial charge in [0.2, 0.25) is 5.91 Å². The molecule has 3 unspecified atom stereocenters. The molecule has 0 aliphatic carbocycles. The first-order valence-corrected chi connectivity index (χ1v) is 8.94. The highest BCUT2D eigenvalue weighted by atomic mass is 32.2. The number of morpholine rings is 1. The molecule has 1 saturated heterocycles. The number of ether oxygens (including phenoxy) is 1. The molecule has 0 bridgehead atoms. The average molecular weight is 323 g/mol. The van der Waals surface area contributed by atoms with E-state index in [9.17, 15) is 4.79 Å². The second-order valence-electron chi connectivity index (χ2n) is 5.78. The Kier molecular flexibility index (Phi) is 6.08. The Bertz CT molecular complexity index is 485. The van der Waals surface area contributed by atoms with Crippen LogP contribution in [0.25, 0.3) is 0 Å². The zero-order valence-corrected chi connectivity index (χ0v) is 14.5. The summed E-state index contributed by atoms with van der Waals surface area (Å²) in [5.41, 5.74) is 1.01. The number of hydrogen-bond acceptors (Lipinski definition) is 5. The third kappa shape index (κ3) is 4.61. The van der Waals surface area contributed by atoms with Gasteiger partial charge in [-0.3, -0.25) is 4.79 Å². The molecule has 2 heterocycles. The Labute approximate surface area is 136 Å². The van der Waals surface area contributed by atoms with Gasteiger partial charge in [-0.25, -0.2) is 4.98 Å². The summed E-state index contributed by atoms with van der Waals surface area (Å²) in [7, 11) is 0. The lowest BCUT2D eigenvalue weighted by Crippen LogP contribution is -2.45. The molecule has 1 aromatic rings. The van der Waals surface area contributed by atoms with E-state index in [0.29, 0.717) is 6.54 Å². The molecule has 0 saturated carbocycles. The number of aromatic nitrogens is 1. The van der Waals surface area contributed by atoms with Gasteiger partial charge in [-0.15, -0.1) is 0 Å². The molecule has 1 aliphatic heterocycles. The highest BCUT2D eigenvalue weighted by Gasteiger charge is 2.22. The molecular formula is C16H25N3O2S. The number of pyridine rings is 1. The predicted octanol–water partition coefficient (Wildman–Crippen LogP) is 2.06. The van der Waals surface area contributed by atoms with E-state index in [0.717, 1.165) is 24.5 Å². The minimum Gasteiger partial charge on any atom is -0.372 e. The molecule has 6 heteroatoms. The number of amides is 1. The van der Waals surface area contributed by atoms with Crippen molar-refractivity contribution in [2.45, 2.75) is 44.8 Å². The number of carbonyl (C=O) groups excluding carboxylic acids is 1. The summed E-state index contributed by atoms with van der Waals surface area (Å²) < 4.78 is 5.74. The number of thioether (sulfide) groups is 1. The lowest BCUT2D eigenvalue weighted by atomic mass is 10.2. The average Bonchev–Trinajstić information content (AvgIpc) is 2.51. The highest BCUT2D eigenvalue weighted by molar-refractivity contribution is 7.99. The van der Waals surface area contributed by atoms with Crippen LogP contribution < -0.4 is 10.2 Å². The molecule has 0 radical (unpaired) electrons. The Morgan fingerprint density at radius 2 is 2.14 bits per heavy atom.